The van der Waals surface area contributed by atoms with Crippen LogP contribution >= 0.6 is 0 Å². The highest BCUT2D eigenvalue weighted by Gasteiger charge is 2.48. The van der Waals surface area contributed by atoms with Crippen molar-refractivity contribution in [3.63, 3.8) is 0 Å². The summed E-state index contributed by atoms with van der Waals surface area (Å²) in [5.74, 6) is 0.121. The highest BCUT2D eigenvalue weighted by Crippen LogP contribution is 2.41. The predicted octanol–water partition coefficient (Wildman–Crippen LogP) is 0.578. The Morgan fingerprint density at radius 1 is 1.26 bits per heavy atom. The highest BCUT2D eigenvalue weighted by atomic mass is 16.5. The Morgan fingerprint density at radius 2 is 2.00 bits per heavy atom. The van der Waals surface area contributed by atoms with E-state index in [2.05, 4.69) is 9.97 Å². The molecule has 1 spiro atoms. The molecule has 3 heterocycles. The summed E-state index contributed by atoms with van der Waals surface area (Å²) in [5.41, 5.74) is 0.0790. The number of aromatic nitrogens is 2. The average Bonchev–Trinajstić information content (AvgIpc) is 2.90. The molecule has 0 bridgehead atoms. The van der Waals surface area contributed by atoms with Gasteiger partial charge in [-0.2, -0.15) is 0 Å². The van der Waals surface area contributed by atoms with Gasteiger partial charge in [0.15, 0.2) is 0 Å². The van der Waals surface area contributed by atoms with Crippen LogP contribution in [0.4, 0.5) is 0 Å². The van der Waals surface area contributed by atoms with Crippen molar-refractivity contribution < 1.29 is 14.3 Å². The molecule has 124 valence electrons. The van der Waals surface area contributed by atoms with Crippen molar-refractivity contribution in [1.29, 1.82) is 0 Å². The van der Waals surface area contributed by atoms with E-state index < -0.39 is 0 Å². The summed E-state index contributed by atoms with van der Waals surface area (Å²) in [5, 5.41) is 0. The minimum absolute atomic E-state index is 0.102. The van der Waals surface area contributed by atoms with Crippen molar-refractivity contribution in [3.8, 4) is 0 Å². The SMILES string of the molecule is COCCN1CCC2(CCN(C(=O)c3cnccn3)CC2)C1=O. The van der Waals surface area contributed by atoms with Gasteiger partial charge in [-0.05, 0) is 19.3 Å². The number of methoxy groups -OCH3 is 1. The third-order valence-corrected chi connectivity index (χ3v) is 4.96. The molecule has 0 radical (unpaired) electrons. The molecule has 0 aliphatic carbocycles. The molecule has 7 heteroatoms. The Balaban J connectivity index is 1.60. The predicted molar refractivity (Wildman–Crippen MR) is 82.7 cm³/mol. The lowest BCUT2D eigenvalue weighted by atomic mass is 9.77. The first kappa shape index (κ1) is 15.9. The van der Waals surface area contributed by atoms with Crippen LogP contribution < -0.4 is 0 Å². The summed E-state index contributed by atoms with van der Waals surface area (Å²) in [4.78, 5) is 36.8. The molecule has 2 fully saturated rings. The summed E-state index contributed by atoms with van der Waals surface area (Å²) in [6.45, 7) is 3.21. The van der Waals surface area contributed by atoms with E-state index in [1.807, 2.05) is 4.90 Å². The quantitative estimate of drug-likeness (QED) is 0.811. The summed E-state index contributed by atoms with van der Waals surface area (Å²) < 4.78 is 5.07. The van der Waals surface area contributed by atoms with Crippen molar-refractivity contribution in [1.82, 2.24) is 19.8 Å². The third kappa shape index (κ3) is 3.06. The van der Waals surface area contributed by atoms with Crippen LogP contribution in [-0.4, -0.2) is 71.5 Å². The molecule has 0 N–H and O–H groups in total. The maximum atomic E-state index is 12.7. The molecule has 0 aromatic carbocycles. The summed E-state index contributed by atoms with van der Waals surface area (Å²) in [6.07, 6.45) is 6.88. The largest absolute Gasteiger partial charge is 0.383 e. The average molecular weight is 318 g/mol. The van der Waals surface area contributed by atoms with Crippen LogP contribution in [0.5, 0.6) is 0 Å². The van der Waals surface area contributed by atoms with Crippen LogP contribution in [0.15, 0.2) is 18.6 Å². The Morgan fingerprint density at radius 3 is 2.65 bits per heavy atom. The number of nitrogens with zero attached hydrogens (tertiary/aromatic N) is 4. The first-order valence-electron chi connectivity index (χ1n) is 8.00. The van der Waals surface area contributed by atoms with Crippen LogP contribution in [0, 0.1) is 5.41 Å². The number of rotatable bonds is 4. The van der Waals surface area contributed by atoms with Gasteiger partial charge in [-0.1, -0.05) is 0 Å². The molecule has 7 nitrogen and oxygen atoms in total. The minimum atomic E-state index is -0.285. The molecule has 2 aliphatic heterocycles. The van der Waals surface area contributed by atoms with Gasteiger partial charge in [0.05, 0.1) is 18.2 Å². The molecule has 2 amide bonds. The first-order chi connectivity index (χ1) is 11.2. The fourth-order valence-corrected chi connectivity index (χ4v) is 3.48. The number of ether oxygens (including phenoxy) is 1. The number of hydrogen-bond donors (Lipinski definition) is 0. The fourth-order valence-electron chi connectivity index (χ4n) is 3.48. The maximum absolute atomic E-state index is 12.7. The molecule has 0 unspecified atom stereocenters. The molecular formula is C16H22N4O3. The van der Waals surface area contributed by atoms with Crippen molar-refractivity contribution in [2.75, 3.05) is 39.9 Å². The van der Waals surface area contributed by atoms with E-state index >= 15 is 0 Å². The fraction of sp³-hybridized carbons (Fsp3) is 0.625. The lowest BCUT2D eigenvalue weighted by Gasteiger charge is -2.37. The molecule has 1 aromatic rings. The van der Waals surface area contributed by atoms with Crippen molar-refractivity contribution >= 4 is 11.8 Å². The Kier molecular flexibility index (Phi) is 4.56. The van der Waals surface area contributed by atoms with E-state index in [9.17, 15) is 9.59 Å². The highest BCUT2D eigenvalue weighted by molar-refractivity contribution is 5.92. The number of carbonyl (C=O) groups excluding carboxylic acids is 2. The smallest absolute Gasteiger partial charge is 0.274 e. The molecular weight excluding hydrogens is 296 g/mol. The van der Waals surface area contributed by atoms with Gasteiger partial charge in [-0.25, -0.2) is 4.98 Å². The third-order valence-electron chi connectivity index (χ3n) is 4.96. The van der Waals surface area contributed by atoms with E-state index in [1.54, 1.807) is 18.2 Å². The zero-order valence-electron chi connectivity index (χ0n) is 13.4. The van der Waals surface area contributed by atoms with Gasteiger partial charge in [-0.15, -0.1) is 0 Å². The zero-order valence-corrected chi connectivity index (χ0v) is 13.4. The van der Waals surface area contributed by atoms with Crippen LogP contribution in [-0.2, 0) is 9.53 Å². The van der Waals surface area contributed by atoms with Crippen molar-refractivity contribution in [2.45, 2.75) is 19.3 Å². The van der Waals surface area contributed by atoms with E-state index in [4.69, 9.17) is 4.74 Å². The van der Waals surface area contributed by atoms with Crippen molar-refractivity contribution in [3.05, 3.63) is 24.3 Å². The lowest BCUT2D eigenvalue weighted by molar-refractivity contribution is -0.138. The standard InChI is InChI=1S/C16H22N4O3/c1-23-11-10-20-9-4-16(15(20)22)2-7-19(8-3-16)14(21)13-12-17-5-6-18-13/h5-6,12H,2-4,7-11H2,1H3. The van der Waals surface area contributed by atoms with Crippen LogP contribution in [0.1, 0.15) is 29.8 Å². The number of piperidine rings is 1. The van der Waals surface area contributed by atoms with E-state index in [-0.39, 0.29) is 17.2 Å². The van der Waals surface area contributed by atoms with Crippen LogP contribution in [0.25, 0.3) is 0 Å². The zero-order chi connectivity index (χ0) is 16.3. The van der Waals surface area contributed by atoms with Gasteiger partial charge < -0.3 is 14.5 Å². The maximum Gasteiger partial charge on any atom is 0.274 e. The van der Waals surface area contributed by atoms with Gasteiger partial charge in [0.2, 0.25) is 5.91 Å². The van der Waals surface area contributed by atoms with Gasteiger partial charge in [0.25, 0.3) is 5.91 Å². The van der Waals surface area contributed by atoms with Gasteiger partial charge in [-0.3, -0.25) is 14.6 Å². The van der Waals surface area contributed by atoms with Gasteiger partial charge >= 0.3 is 0 Å². The number of likely N-dealkylation sites (tertiary alicyclic amines) is 2. The van der Waals surface area contributed by atoms with Gasteiger partial charge in [0, 0.05) is 45.7 Å². The van der Waals surface area contributed by atoms with Gasteiger partial charge in [0.1, 0.15) is 5.69 Å². The Labute approximate surface area is 135 Å². The topological polar surface area (TPSA) is 75.6 Å². The van der Waals surface area contributed by atoms with Crippen molar-refractivity contribution in [2.24, 2.45) is 5.41 Å². The molecule has 2 aliphatic rings. The van der Waals surface area contributed by atoms with E-state index in [1.165, 1.54) is 12.4 Å². The molecule has 23 heavy (non-hydrogen) atoms. The monoisotopic (exact) mass is 318 g/mol. The molecule has 1 aromatic heterocycles. The number of carbonyl (C=O) groups is 2. The second-order valence-electron chi connectivity index (χ2n) is 6.20. The molecule has 0 saturated carbocycles. The summed E-state index contributed by atoms with van der Waals surface area (Å²) in [6, 6.07) is 0. The van der Waals surface area contributed by atoms with Crippen LogP contribution in [0.2, 0.25) is 0 Å². The second-order valence-corrected chi connectivity index (χ2v) is 6.20. The normalized spacial score (nSPS) is 20.3. The molecule has 0 atom stereocenters. The van der Waals surface area contributed by atoms with E-state index in [0.717, 1.165) is 25.8 Å². The second kappa shape index (κ2) is 6.62. The minimum Gasteiger partial charge on any atom is -0.383 e. The summed E-state index contributed by atoms with van der Waals surface area (Å²) in [7, 11) is 1.65. The Hall–Kier alpha value is -2.02. The number of hydrogen-bond acceptors (Lipinski definition) is 5. The van der Waals surface area contributed by atoms with E-state index in [0.29, 0.717) is 31.9 Å². The first-order valence-corrected chi connectivity index (χ1v) is 8.00. The Bertz CT molecular complexity index is 570. The van der Waals surface area contributed by atoms with Crippen LogP contribution in [0.3, 0.4) is 0 Å². The summed E-state index contributed by atoms with van der Waals surface area (Å²) >= 11 is 0. The number of amides is 2. The molecule has 3 rings (SSSR count). The molecule has 2 saturated heterocycles. The lowest BCUT2D eigenvalue weighted by Crippen LogP contribution is -2.47.